The minimum atomic E-state index is -0.738. The zero-order chi connectivity index (χ0) is 22.2. The van der Waals surface area contributed by atoms with Crippen LogP contribution in [0.3, 0.4) is 0 Å². The number of benzene rings is 1. The highest BCUT2D eigenvalue weighted by Crippen LogP contribution is 2.32. The van der Waals surface area contributed by atoms with Gasteiger partial charge in [-0.3, -0.25) is 9.59 Å². The van der Waals surface area contributed by atoms with E-state index in [4.69, 9.17) is 14.2 Å². The molecule has 31 heavy (non-hydrogen) atoms. The summed E-state index contributed by atoms with van der Waals surface area (Å²) in [5, 5.41) is 5.47. The molecule has 12 heteroatoms. The fourth-order valence-electron chi connectivity index (χ4n) is 2.49. The Bertz CT molecular complexity index is 967. The molecule has 9 nitrogen and oxygen atoms in total. The SMILES string of the molecule is C=CCOC(=O)NCCSc1nc2ccc(NC(=O)C3OCC(OC(C)=O)S3)cc2s1. The normalized spacial score (nSPS) is 17.8. The minimum Gasteiger partial charge on any atom is -0.449 e. The van der Waals surface area contributed by atoms with Gasteiger partial charge in [-0.05, 0) is 18.2 Å². The molecule has 0 aliphatic carbocycles. The molecule has 166 valence electrons. The zero-order valence-electron chi connectivity index (χ0n) is 16.6. The van der Waals surface area contributed by atoms with E-state index >= 15 is 0 Å². The van der Waals surface area contributed by atoms with Crippen LogP contribution in [-0.2, 0) is 23.8 Å². The summed E-state index contributed by atoms with van der Waals surface area (Å²) in [5.41, 5.74) is 0.239. The Morgan fingerprint density at radius 3 is 3.03 bits per heavy atom. The first kappa shape index (κ1) is 23.4. The smallest absolute Gasteiger partial charge is 0.407 e. The van der Waals surface area contributed by atoms with Crippen LogP contribution in [0.5, 0.6) is 0 Å². The van der Waals surface area contributed by atoms with E-state index in [1.54, 1.807) is 6.07 Å². The molecule has 1 aliphatic rings. The number of nitrogens with zero attached hydrogens (tertiary/aromatic N) is 1. The summed E-state index contributed by atoms with van der Waals surface area (Å²) in [7, 11) is 0. The van der Waals surface area contributed by atoms with Gasteiger partial charge in [-0.1, -0.05) is 36.2 Å². The molecular formula is C19H21N3O6S3. The number of nitrogens with one attached hydrogen (secondary N) is 2. The summed E-state index contributed by atoms with van der Waals surface area (Å²) in [6.45, 7) is 5.60. The number of anilines is 1. The monoisotopic (exact) mass is 483 g/mol. The van der Waals surface area contributed by atoms with Gasteiger partial charge in [-0.15, -0.1) is 11.3 Å². The maximum Gasteiger partial charge on any atom is 0.407 e. The van der Waals surface area contributed by atoms with Crippen molar-refractivity contribution in [2.75, 3.05) is 30.8 Å². The lowest BCUT2D eigenvalue weighted by atomic mass is 10.3. The number of rotatable bonds is 9. The average Bonchev–Trinajstić information content (AvgIpc) is 3.35. The topological polar surface area (TPSA) is 116 Å². The number of fused-ring (bicyclic) bond motifs is 1. The van der Waals surface area contributed by atoms with E-state index in [2.05, 4.69) is 22.2 Å². The van der Waals surface area contributed by atoms with Gasteiger partial charge in [0.25, 0.3) is 5.91 Å². The van der Waals surface area contributed by atoms with Crippen molar-refractivity contribution in [1.82, 2.24) is 10.3 Å². The van der Waals surface area contributed by atoms with E-state index in [1.807, 2.05) is 12.1 Å². The highest BCUT2D eigenvalue weighted by molar-refractivity contribution is 8.01. The fraction of sp³-hybridized carbons (Fsp3) is 0.368. The molecule has 3 rings (SSSR count). The largest absolute Gasteiger partial charge is 0.449 e. The Kier molecular flexibility index (Phi) is 8.58. The molecular weight excluding hydrogens is 462 g/mol. The second-order valence-electron chi connectivity index (χ2n) is 6.15. The third-order valence-corrected chi connectivity index (χ3v) is 7.03. The number of carbonyl (C=O) groups is 3. The van der Waals surface area contributed by atoms with Crippen LogP contribution in [-0.4, -0.2) is 59.3 Å². The van der Waals surface area contributed by atoms with Crippen molar-refractivity contribution >= 4 is 68.7 Å². The van der Waals surface area contributed by atoms with Crippen LogP contribution in [0.15, 0.2) is 35.2 Å². The van der Waals surface area contributed by atoms with E-state index in [0.717, 1.165) is 26.3 Å². The van der Waals surface area contributed by atoms with E-state index in [1.165, 1.54) is 36.1 Å². The molecule has 0 bridgehead atoms. The van der Waals surface area contributed by atoms with Crippen LogP contribution in [0.4, 0.5) is 10.5 Å². The van der Waals surface area contributed by atoms with Crippen molar-refractivity contribution in [3.05, 3.63) is 30.9 Å². The van der Waals surface area contributed by atoms with Crippen LogP contribution in [0.2, 0.25) is 0 Å². The number of carbonyl (C=O) groups excluding carboxylic acids is 3. The molecule has 0 radical (unpaired) electrons. The minimum absolute atomic E-state index is 0.175. The van der Waals surface area contributed by atoms with Gasteiger partial charge in [0.15, 0.2) is 15.2 Å². The molecule has 2 amide bonds. The van der Waals surface area contributed by atoms with Gasteiger partial charge in [0.1, 0.15) is 6.61 Å². The Hall–Kier alpha value is -2.28. The van der Waals surface area contributed by atoms with Gasteiger partial charge in [0, 0.05) is 24.9 Å². The van der Waals surface area contributed by atoms with E-state index in [0.29, 0.717) is 18.0 Å². The maximum absolute atomic E-state index is 12.4. The predicted molar refractivity (Wildman–Crippen MR) is 121 cm³/mol. The summed E-state index contributed by atoms with van der Waals surface area (Å²) in [5.74, 6) is -0.0748. The van der Waals surface area contributed by atoms with Crippen LogP contribution >= 0.6 is 34.9 Å². The molecule has 2 unspecified atom stereocenters. The van der Waals surface area contributed by atoms with Gasteiger partial charge in [0.2, 0.25) is 0 Å². The number of hydrogen-bond donors (Lipinski definition) is 2. The number of aromatic nitrogens is 1. The molecule has 1 aliphatic heterocycles. The molecule has 0 spiro atoms. The summed E-state index contributed by atoms with van der Waals surface area (Å²) in [6.07, 6.45) is 1.03. The molecule has 2 heterocycles. The summed E-state index contributed by atoms with van der Waals surface area (Å²) >= 11 is 4.18. The van der Waals surface area contributed by atoms with Crippen LogP contribution < -0.4 is 10.6 Å². The third kappa shape index (κ3) is 7.13. The Morgan fingerprint density at radius 1 is 1.42 bits per heavy atom. The molecule has 1 fully saturated rings. The number of amides is 2. The first-order valence-corrected chi connectivity index (χ1v) is 12.0. The van der Waals surface area contributed by atoms with Gasteiger partial charge >= 0.3 is 12.1 Å². The van der Waals surface area contributed by atoms with Gasteiger partial charge in [-0.2, -0.15) is 0 Å². The van der Waals surface area contributed by atoms with Crippen molar-refractivity contribution in [1.29, 1.82) is 0 Å². The van der Waals surface area contributed by atoms with Crippen LogP contribution in [0.25, 0.3) is 10.2 Å². The van der Waals surface area contributed by atoms with Gasteiger partial charge < -0.3 is 24.8 Å². The Morgan fingerprint density at radius 2 is 2.26 bits per heavy atom. The van der Waals surface area contributed by atoms with Crippen molar-refractivity contribution < 1.29 is 28.6 Å². The lowest BCUT2D eigenvalue weighted by molar-refractivity contribution is -0.143. The first-order chi connectivity index (χ1) is 14.9. The first-order valence-electron chi connectivity index (χ1n) is 9.24. The molecule has 2 N–H and O–H groups in total. The highest BCUT2D eigenvalue weighted by atomic mass is 32.2. The van der Waals surface area contributed by atoms with Crippen molar-refractivity contribution in [3.63, 3.8) is 0 Å². The average molecular weight is 484 g/mol. The second-order valence-corrected chi connectivity index (χ2v) is 9.75. The van der Waals surface area contributed by atoms with Crippen LogP contribution in [0.1, 0.15) is 6.92 Å². The second kappa shape index (κ2) is 11.4. The predicted octanol–water partition coefficient (Wildman–Crippen LogP) is 3.22. The number of thiazole rings is 1. The Labute approximate surface area is 191 Å². The number of thioether (sulfide) groups is 2. The molecule has 1 aromatic heterocycles. The van der Waals surface area contributed by atoms with Gasteiger partial charge in [-0.25, -0.2) is 9.78 Å². The standard InChI is InChI=1S/C19H21N3O6S3/c1-3-7-26-18(25)20-6-8-29-19-22-13-5-4-12(9-14(13)30-19)21-16(24)17-27-10-15(31-17)28-11(2)23/h3-5,9,15,17H,1,6-8,10H2,2H3,(H,20,25)(H,21,24). The number of ether oxygens (including phenoxy) is 3. The molecule has 1 saturated heterocycles. The number of esters is 1. The van der Waals surface area contributed by atoms with Crippen molar-refractivity contribution in [3.8, 4) is 0 Å². The van der Waals surface area contributed by atoms with E-state index < -0.39 is 22.9 Å². The van der Waals surface area contributed by atoms with Crippen molar-refractivity contribution in [2.24, 2.45) is 0 Å². The molecule has 0 saturated carbocycles. The third-order valence-electron chi connectivity index (χ3n) is 3.74. The fourth-order valence-corrected chi connectivity index (χ4v) is 5.48. The number of alkyl carbamates (subject to hydrolysis) is 1. The lowest BCUT2D eigenvalue weighted by Crippen LogP contribution is -2.26. The Balaban J connectivity index is 1.49. The van der Waals surface area contributed by atoms with Gasteiger partial charge in [0.05, 0.1) is 16.8 Å². The molecule has 2 aromatic rings. The summed E-state index contributed by atoms with van der Waals surface area (Å²) in [6, 6.07) is 5.46. The van der Waals surface area contributed by atoms with Crippen molar-refractivity contribution in [2.45, 2.75) is 22.1 Å². The summed E-state index contributed by atoms with van der Waals surface area (Å²) < 4.78 is 17.1. The van der Waals surface area contributed by atoms with E-state index in [-0.39, 0.29) is 19.1 Å². The summed E-state index contributed by atoms with van der Waals surface area (Å²) in [4.78, 5) is 39.4. The lowest BCUT2D eigenvalue weighted by Gasteiger charge is -2.10. The molecule has 1 aromatic carbocycles. The zero-order valence-corrected chi connectivity index (χ0v) is 19.1. The maximum atomic E-state index is 12.4. The molecule has 2 atom stereocenters. The van der Waals surface area contributed by atoms with Crippen LogP contribution in [0, 0.1) is 0 Å². The number of hydrogen-bond acceptors (Lipinski definition) is 10. The van der Waals surface area contributed by atoms with E-state index in [9.17, 15) is 14.4 Å². The quantitative estimate of drug-likeness (QED) is 0.240. The highest BCUT2D eigenvalue weighted by Gasteiger charge is 2.33.